The number of nitriles is 1. The molecule has 0 bridgehead atoms. The standard InChI is InChI=1S/C28H21F3N6O3/c1-17-23(25(38)40-2)24(22-10-9-18(15-32)13-19(22)16-35-11-4-3-5-12-35)37-26(33-34-27(37)39)36(17)21-8-6-7-20(14-21)28(29,30)31/h3-14,24H,16H2,1-2H3/p+1/t24-/m1/s1. The van der Waals surface area contributed by atoms with Crippen LogP contribution in [0.4, 0.5) is 24.8 Å². The van der Waals surface area contributed by atoms with Crippen LogP contribution in [-0.2, 0) is 22.3 Å². The number of carbonyl (C=O) groups is 1. The second-order valence-electron chi connectivity index (χ2n) is 9.05. The molecular formula is C28H22F3N6O3+. The number of carbonyl (C=O) groups excluding carboxylic acids is 1. The van der Waals surface area contributed by atoms with Gasteiger partial charge in [-0.15, -0.1) is 5.10 Å². The molecule has 0 saturated heterocycles. The molecule has 0 radical (unpaired) electrons. The summed E-state index contributed by atoms with van der Waals surface area (Å²) in [6, 6.07) is 16.0. The van der Waals surface area contributed by atoms with E-state index in [0.717, 1.165) is 12.1 Å². The van der Waals surface area contributed by atoms with Crippen molar-refractivity contribution < 1.29 is 27.3 Å². The lowest BCUT2D eigenvalue weighted by Crippen LogP contribution is -2.39. The number of allylic oxidation sites excluding steroid dienone is 1. The molecule has 2 aromatic heterocycles. The SMILES string of the molecule is COC(=O)C1=C(C)N(c2cccc(C(F)(F)F)c2)c2n[nH]c(=O)n2[C@@H]1c1ccc(C#N)cc1C[n+]1ccccc1. The van der Waals surface area contributed by atoms with E-state index in [9.17, 15) is 28.0 Å². The van der Waals surface area contributed by atoms with Crippen LogP contribution in [0.15, 0.2) is 89.1 Å². The van der Waals surface area contributed by atoms with Crippen molar-refractivity contribution in [3.63, 3.8) is 0 Å². The van der Waals surface area contributed by atoms with E-state index in [1.807, 2.05) is 35.2 Å². The highest BCUT2D eigenvalue weighted by atomic mass is 19.4. The van der Waals surface area contributed by atoms with Gasteiger partial charge in [0, 0.05) is 29.1 Å². The van der Waals surface area contributed by atoms with Crippen molar-refractivity contribution in [3.8, 4) is 6.07 Å². The number of nitrogens with zero attached hydrogens (tertiary/aromatic N) is 5. The van der Waals surface area contributed by atoms with Crippen molar-refractivity contribution in [2.75, 3.05) is 12.0 Å². The van der Waals surface area contributed by atoms with Crippen LogP contribution in [-0.4, -0.2) is 27.8 Å². The lowest BCUT2D eigenvalue weighted by atomic mass is 9.90. The molecule has 5 rings (SSSR count). The molecule has 12 heteroatoms. The van der Waals surface area contributed by atoms with Gasteiger partial charge >= 0.3 is 17.8 Å². The van der Waals surface area contributed by atoms with Gasteiger partial charge in [-0.1, -0.05) is 18.2 Å². The van der Waals surface area contributed by atoms with Crippen LogP contribution < -0.4 is 15.2 Å². The summed E-state index contributed by atoms with van der Waals surface area (Å²) in [5, 5.41) is 16.1. The van der Waals surface area contributed by atoms with E-state index >= 15 is 0 Å². The van der Waals surface area contributed by atoms with Gasteiger partial charge < -0.3 is 4.74 Å². The minimum Gasteiger partial charge on any atom is -0.466 e. The van der Waals surface area contributed by atoms with Gasteiger partial charge in [0.2, 0.25) is 5.95 Å². The third-order valence-electron chi connectivity index (χ3n) is 6.68. The van der Waals surface area contributed by atoms with Crippen LogP contribution in [0.5, 0.6) is 0 Å². The highest BCUT2D eigenvalue weighted by Gasteiger charge is 2.41. The number of hydrogen-bond acceptors (Lipinski definition) is 6. The number of ether oxygens (including phenoxy) is 1. The molecule has 1 N–H and O–H groups in total. The first-order chi connectivity index (χ1) is 19.1. The van der Waals surface area contributed by atoms with E-state index in [0.29, 0.717) is 23.2 Å². The van der Waals surface area contributed by atoms with Crippen molar-refractivity contribution in [2.24, 2.45) is 0 Å². The predicted molar refractivity (Wildman–Crippen MR) is 136 cm³/mol. The van der Waals surface area contributed by atoms with Gasteiger partial charge in [0.05, 0.1) is 29.9 Å². The van der Waals surface area contributed by atoms with Crippen molar-refractivity contribution in [1.82, 2.24) is 14.8 Å². The largest absolute Gasteiger partial charge is 0.466 e. The molecule has 2 aromatic carbocycles. The Morgan fingerprint density at radius 1 is 1.15 bits per heavy atom. The van der Waals surface area contributed by atoms with Crippen molar-refractivity contribution in [3.05, 3.63) is 117 Å². The van der Waals surface area contributed by atoms with E-state index in [4.69, 9.17) is 4.74 Å². The van der Waals surface area contributed by atoms with Crippen molar-refractivity contribution in [1.29, 1.82) is 5.26 Å². The number of pyridine rings is 1. The lowest BCUT2D eigenvalue weighted by molar-refractivity contribution is -0.688. The maximum atomic E-state index is 13.6. The molecular weight excluding hydrogens is 525 g/mol. The molecule has 9 nitrogen and oxygen atoms in total. The zero-order valence-electron chi connectivity index (χ0n) is 21.3. The Bertz CT molecular complexity index is 1730. The molecule has 0 amide bonds. The fraction of sp³-hybridized carbons (Fsp3) is 0.179. The Morgan fingerprint density at radius 3 is 2.58 bits per heavy atom. The zero-order chi connectivity index (χ0) is 28.6. The number of anilines is 2. The normalized spacial score (nSPS) is 15.0. The summed E-state index contributed by atoms with van der Waals surface area (Å²) in [5.74, 6) is -0.789. The number of alkyl halides is 3. The maximum Gasteiger partial charge on any atom is 0.416 e. The van der Waals surface area contributed by atoms with Crippen molar-refractivity contribution in [2.45, 2.75) is 25.7 Å². The molecule has 0 saturated carbocycles. The Labute approximate surface area is 226 Å². The lowest BCUT2D eigenvalue weighted by Gasteiger charge is -2.36. The van der Waals surface area contributed by atoms with Gasteiger partial charge in [0.15, 0.2) is 18.9 Å². The average molecular weight is 548 g/mol. The molecule has 0 aliphatic carbocycles. The van der Waals surface area contributed by atoms with Crippen LogP contribution >= 0.6 is 0 Å². The number of aromatic amines is 1. The molecule has 202 valence electrons. The first kappa shape index (κ1) is 26.4. The number of halogens is 3. The number of esters is 1. The number of rotatable bonds is 5. The Hall–Kier alpha value is -5.18. The summed E-state index contributed by atoms with van der Waals surface area (Å²) < 4.78 is 48.8. The van der Waals surface area contributed by atoms with Gasteiger partial charge in [-0.3, -0.25) is 4.90 Å². The zero-order valence-corrected chi connectivity index (χ0v) is 21.3. The molecule has 0 fully saturated rings. The number of benzene rings is 2. The second kappa shape index (κ2) is 10.2. The molecule has 1 aliphatic rings. The van der Waals surface area contributed by atoms with Gasteiger partial charge in [0.1, 0.15) is 6.04 Å². The Morgan fingerprint density at radius 2 is 1.90 bits per heavy atom. The summed E-state index contributed by atoms with van der Waals surface area (Å²) in [6.45, 7) is 1.85. The van der Waals surface area contributed by atoms with E-state index in [2.05, 4.69) is 16.3 Å². The number of aromatic nitrogens is 4. The molecule has 1 atom stereocenters. The first-order valence-electron chi connectivity index (χ1n) is 12.0. The highest BCUT2D eigenvalue weighted by molar-refractivity contribution is 5.93. The Kier molecular flexibility index (Phi) is 6.73. The first-order valence-corrected chi connectivity index (χ1v) is 12.0. The summed E-state index contributed by atoms with van der Waals surface area (Å²) in [6.07, 6.45) is -0.956. The van der Waals surface area contributed by atoms with Gasteiger partial charge in [-0.25, -0.2) is 23.8 Å². The van der Waals surface area contributed by atoms with Gasteiger partial charge in [-0.05, 0) is 42.8 Å². The van der Waals surface area contributed by atoms with Crippen LogP contribution in [0.25, 0.3) is 0 Å². The Balaban J connectivity index is 1.77. The molecule has 40 heavy (non-hydrogen) atoms. The topological polar surface area (TPSA) is 108 Å². The van der Waals surface area contributed by atoms with E-state index in [1.165, 1.54) is 28.7 Å². The van der Waals surface area contributed by atoms with Crippen LogP contribution in [0.2, 0.25) is 0 Å². The monoisotopic (exact) mass is 547 g/mol. The minimum absolute atomic E-state index is 0.0119. The average Bonchev–Trinajstić information content (AvgIpc) is 3.32. The summed E-state index contributed by atoms with van der Waals surface area (Å²) in [5.41, 5.74) is 0.241. The quantitative estimate of drug-likeness (QED) is 0.299. The fourth-order valence-corrected chi connectivity index (χ4v) is 4.89. The summed E-state index contributed by atoms with van der Waals surface area (Å²) in [4.78, 5) is 27.8. The number of nitrogens with one attached hydrogen (secondary N) is 1. The third kappa shape index (κ3) is 4.62. The van der Waals surface area contributed by atoms with Gasteiger partial charge in [0.25, 0.3) is 0 Å². The van der Waals surface area contributed by atoms with Gasteiger partial charge in [-0.2, -0.15) is 18.4 Å². The number of hydrogen-bond donors (Lipinski definition) is 1. The number of H-pyrrole nitrogens is 1. The summed E-state index contributed by atoms with van der Waals surface area (Å²) >= 11 is 0. The molecule has 0 spiro atoms. The highest BCUT2D eigenvalue weighted by Crippen LogP contribution is 2.43. The molecule has 0 unspecified atom stereocenters. The fourth-order valence-electron chi connectivity index (χ4n) is 4.89. The van der Waals surface area contributed by atoms with E-state index in [-0.39, 0.29) is 22.9 Å². The second-order valence-corrected chi connectivity index (χ2v) is 9.05. The minimum atomic E-state index is -4.62. The van der Waals surface area contributed by atoms with Crippen LogP contribution in [0.3, 0.4) is 0 Å². The number of methoxy groups -OCH3 is 1. The van der Waals surface area contributed by atoms with Crippen molar-refractivity contribution >= 4 is 17.6 Å². The maximum absolute atomic E-state index is 13.6. The third-order valence-corrected chi connectivity index (χ3v) is 6.68. The smallest absolute Gasteiger partial charge is 0.416 e. The van der Waals surface area contributed by atoms with Crippen LogP contribution in [0, 0.1) is 11.3 Å². The molecule has 1 aliphatic heterocycles. The molecule has 3 heterocycles. The van der Waals surface area contributed by atoms with Crippen LogP contribution in [0.1, 0.15) is 35.2 Å². The predicted octanol–water partition coefficient (Wildman–Crippen LogP) is 3.99. The van der Waals surface area contributed by atoms with E-state index in [1.54, 1.807) is 25.1 Å². The molecule has 4 aromatic rings. The van der Waals surface area contributed by atoms with E-state index < -0.39 is 29.4 Å². The summed E-state index contributed by atoms with van der Waals surface area (Å²) in [7, 11) is 1.18. The number of fused-ring (bicyclic) bond motifs is 1.